The van der Waals surface area contributed by atoms with Crippen molar-refractivity contribution in [3.05, 3.63) is 53.6 Å². The average Bonchev–Trinajstić information content (AvgIpc) is 2.42. The van der Waals surface area contributed by atoms with Crippen LogP contribution in [0.3, 0.4) is 0 Å². The molecule has 1 heterocycles. The number of nitrogens with zero attached hydrogens (tertiary/aromatic N) is 1. The lowest BCUT2D eigenvalue weighted by Gasteiger charge is -2.06. The normalized spacial score (nSPS) is 10.2. The Hall–Kier alpha value is -2.43. The summed E-state index contributed by atoms with van der Waals surface area (Å²) in [5, 5.41) is 0. The number of aromatic nitrogens is 1. The molecule has 0 aliphatic rings. The first kappa shape index (κ1) is 13.0. The van der Waals surface area contributed by atoms with Crippen LogP contribution in [-0.2, 0) is 6.42 Å². The summed E-state index contributed by atoms with van der Waals surface area (Å²) in [5.41, 5.74) is 6.51. The molecule has 0 aliphatic heterocycles. The number of carbonyl (C=O) groups excluding carboxylic acids is 1. The molecular weight excluding hydrogens is 247 g/mol. The number of hydrogen-bond acceptors (Lipinski definition) is 4. The standard InChI is InChI=1S/C14H13FN2O2/c1-19-13-4-2-3-9(14(13)15)7-12(18)11-6-5-10(16)8-17-11/h2-6,8H,7,16H2,1H3. The third kappa shape index (κ3) is 2.88. The second kappa shape index (κ2) is 5.48. The zero-order valence-electron chi connectivity index (χ0n) is 10.4. The van der Waals surface area contributed by atoms with E-state index in [4.69, 9.17) is 10.5 Å². The molecule has 98 valence electrons. The molecule has 4 nitrogen and oxygen atoms in total. The van der Waals surface area contributed by atoms with Gasteiger partial charge in [-0.15, -0.1) is 0 Å². The third-order valence-corrected chi connectivity index (χ3v) is 2.69. The van der Waals surface area contributed by atoms with E-state index in [0.717, 1.165) is 0 Å². The van der Waals surface area contributed by atoms with E-state index >= 15 is 0 Å². The first-order chi connectivity index (χ1) is 9.11. The minimum atomic E-state index is -0.520. The van der Waals surface area contributed by atoms with E-state index in [0.29, 0.717) is 5.69 Å². The molecule has 0 atom stereocenters. The Labute approximate surface area is 110 Å². The van der Waals surface area contributed by atoms with Crippen LogP contribution < -0.4 is 10.5 Å². The number of nitrogens with two attached hydrogens (primary N) is 1. The molecular formula is C14H13FN2O2. The van der Waals surface area contributed by atoms with Crippen LogP contribution in [0.4, 0.5) is 10.1 Å². The smallest absolute Gasteiger partial charge is 0.185 e. The number of hydrogen-bond donors (Lipinski definition) is 1. The van der Waals surface area contributed by atoms with Crippen molar-refractivity contribution in [2.45, 2.75) is 6.42 Å². The number of pyridine rings is 1. The first-order valence-corrected chi connectivity index (χ1v) is 5.68. The summed E-state index contributed by atoms with van der Waals surface area (Å²) in [5.74, 6) is -0.670. The maximum atomic E-state index is 13.9. The minimum Gasteiger partial charge on any atom is -0.494 e. The third-order valence-electron chi connectivity index (χ3n) is 2.69. The molecule has 0 aliphatic carbocycles. The number of rotatable bonds is 4. The van der Waals surface area contributed by atoms with E-state index in [1.165, 1.54) is 25.4 Å². The number of nitrogen functional groups attached to an aromatic ring is 1. The molecule has 0 saturated heterocycles. The van der Waals surface area contributed by atoms with Gasteiger partial charge in [-0.25, -0.2) is 4.39 Å². The second-order valence-corrected chi connectivity index (χ2v) is 4.01. The van der Waals surface area contributed by atoms with E-state index in [-0.39, 0.29) is 29.2 Å². The molecule has 2 aromatic rings. The van der Waals surface area contributed by atoms with Crippen molar-refractivity contribution < 1.29 is 13.9 Å². The summed E-state index contributed by atoms with van der Waals surface area (Å²) in [6.07, 6.45) is 1.33. The maximum absolute atomic E-state index is 13.9. The largest absolute Gasteiger partial charge is 0.494 e. The number of anilines is 1. The van der Waals surface area contributed by atoms with Gasteiger partial charge >= 0.3 is 0 Å². The van der Waals surface area contributed by atoms with Crippen LogP contribution in [0.25, 0.3) is 0 Å². The van der Waals surface area contributed by atoms with Crippen LogP contribution >= 0.6 is 0 Å². The van der Waals surface area contributed by atoms with Gasteiger partial charge in [0.25, 0.3) is 0 Å². The molecule has 1 aromatic carbocycles. The summed E-state index contributed by atoms with van der Waals surface area (Å²) in [6, 6.07) is 7.80. The average molecular weight is 260 g/mol. The molecule has 1 aromatic heterocycles. The zero-order valence-corrected chi connectivity index (χ0v) is 10.4. The van der Waals surface area contributed by atoms with E-state index in [1.807, 2.05) is 0 Å². The highest BCUT2D eigenvalue weighted by molar-refractivity contribution is 5.95. The molecule has 0 bridgehead atoms. The van der Waals surface area contributed by atoms with Gasteiger partial charge in [0.1, 0.15) is 5.69 Å². The van der Waals surface area contributed by atoms with Gasteiger partial charge in [0.15, 0.2) is 17.3 Å². The molecule has 0 fully saturated rings. The summed E-state index contributed by atoms with van der Waals surface area (Å²) in [4.78, 5) is 15.9. The van der Waals surface area contributed by atoms with Crippen molar-refractivity contribution in [2.75, 3.05) is 12.8 Å². The van der Waals surface area contributed by atoms with Crippen molar-refractivity contribution >= 4 is 11.5 Å². The van der Waals surface area contributed by atoms with Crippen LogP contribution in [0.1, 0.15) is 16.1 Å². The van der Waals surface area contributed by atoms with Crippen molar-refractivity contribution in [3.63, 3.8) is 0 Å². The van der Waals surface area contributed by atoms with Gasteiger partial charge in [0.05, 0.1) is 19.0 Å². The Balaban J connectivity index is 2.21. The number of halogens is 1. The van der Waals surface area contributed by atoms with Crippen LogP contribution in [-0.4, -0.2) is 17.9 Å². The van der Waals surface area contributed by atoms with Gasteiger partial charge in [-0.1, -0.05) is 12.1 Å². The predicted molar refractivity (Wildman–Crippen MR) is 69.6 cm³/mol. The molecule has 0 radical (unpaired) electrons. The number of carbonyl (C=O) groups is 1. The van der Waals surface area contributed by atoms with Gasteiger partial charge in [-0.3, -0.25) is 9.78 Å². The highest BCUT2D eigenvalue weighted by atomic mass is 19.1. The summed E-state index contributed by atoms with van der Waals surface area (Å²) >= 11 is 0. The van der Waals surface area contributed by atoms with E-state index in [1.54, 1.807) is 18.2 Å². The van der Waals surface area contributed by atoms with Crippen LogP contribution in [0, 0.1) is 5.82 Å². The summed E-state index contributed by atoms with van der Waals surface area (Å²) < 4.78 is 18.8. The Morgan fingerprint density at radius 3 is 2.79 bits per heavy atom. The van der Waals surface area contributed by atoms with Crippen molar-refractivity contribution in [1.29, 1.82) is 0 Å². The SMILES string of the molecule is COc1cccc(CC(=O)c2ccc(N)cn2)c1F. The number of ketones is 1. The number of benzene rings is 1. The molecule has 5 heteroatoms. The summed E-state index contributed by atoms with van der Waals surface area (Å²) in [6.45, 7) is 0. The predicted octanol–water partition coefficient (Wildman–Crippen LogP) is 2.24. The van der Waals surface area contributed by atoms with Gasteiger partial charge in [0.2, 0.25) is 0 Å². The van der Waals surface area contributed by atoms with Gasteiger partial charge in [-0.05, 0) is 23.8 Å². The van der Waals surface area contributed by atoms with Crippen molar-refractivity contribution in [3.8, 4) is 5.75 Å². The van der Waals surface area contributed by atoms with Gasteiger partial charge in [0, 0.05) is 6.42 Å². The topological polar surface area (TPSA) is 65.2 Å². The molecule has 0 unspecified atom stereocenters. The first-order valence-electron chi connectivity index (χ1n) is 5.68. The van der Waals surface area contributed by atoms with E-state index in [9.17, 15) is 9.18 Å². The molecule has 19 heavy (non-hydrogen) atoms. The molecule has 2 rings (SSSR count). The Morgan fingerprint density at radius 2 is 2.16 bits per heavy atom. The van der Waals surface area contributed by atoms with E-state index in [2.05, 4.69) is 4.98 Å². The molecule has 0 spiro atoms. The maximum Gasteiger partial charge on any atom is 0.185 e. The van der Waals surface area contributed by atoms with Crippen molar-refractivity contribution in [1.82, 2.24) is 4.98 Å². The molecule has 2 N–H and O–H groups in total. The molecule has 0 saturated carbocycles. The summed E-state index contributed by atoms with van der Waals surface area (Å²) in [7, 11) is 1.38. The highest BCUT2D eigenvalue weighted by Gasteiger charge is 2.14. The molecule has 0 amide bonds. The lowest BCUT2D eigenvalue weighted by atomic mass is 10.1. The lowest BCUT2D eigenvalue weighted by molar-refractivity contribution is 0.0987. The monoisotopic (exact) mass is 260 g/mol. The Morgan fingerprint density at radius 1 is 1.37 bits per heavy atom. The Bertz CT molecular complexity index is 597. The van der Waals surface area contributed by atoms with Crippen LogP contribution in [0.2, 0.25) is 0 Å². The zero-order chi connectivity index (χ0) is 13.8. The Kier molecular flexibility index (Phi) is 3.75. The van der Waals surface area contributed by atoms with Gasteiger partial charge < -0.3 is 10.5 Å². The fraction of sp³-hybridized carbons (Fsp3) is 0.143. The van der Waals surface area contributed by atoms with Crippen LogP contribution in [0.5, 0.6) is 5.75 Å². The fourth-order valence-corrected chi connectivity index (χ4v) is 1.68. The van der Waals surface area contributed by atoms with Crippen molar-refractivity contribution in [2.24, 2.45) is 0 Å². The van der Waals surface area contributed by atoms with Crippen LogP contribution in [0.15, 0.2) is 36.5 Å². The second-order valence-electron chi connectivity index (χ2n) is 4.01. The number of ether oxygens (including phenoxy) is 1. The van der Waals surface area contributed by atoms with Gasteiger partial charge in [-0.2, -0.15) is 0 Å². The minimum absolute atomic E-state index is 0.0695. The number of Topliss-reactive ketones (excluding diaryl/α,β-unsaturated/α-hetero) is 1. The lowest BCUT2D eigenvalue weighted by Crippen LogP contribution is -2.08. The highest BCUT2D eigenvalue weighted by Crippen LogP contribution is 2.21. The number of methoxy groups -OCH3 is 1. The fourth-order valence-electron chi connectivity index (χ4n) is 1.68. The van der Waals surface area contributed by atoms with E-state index < -0.39 is 5.82 Å². The quantitative estimate of drug-likeness (QED) is 0.856.